The van der Waals surface area contributed by atoms with E-state index < -0.39 is 11.7 Å². The van der Waals surface area contributed by atoms with Gasteiger partial charge in [0.2, 0.25) is 0 Å². The van der Waals surface area contributed by atoms with Crippen LogP contribution in [0.15, 0.2) is 30.6 Å². The first-order valence-corrected chi connectivity index (χ1v) is 5.71. The lowest BCUT2D eigenvalue weighted by molar-refractivity contribution is -0.137. The highest BCUT2D eigenvalue weighted by atomic mass is 19.4. The molecular weight excluding hydrogens is 257 g/mol. The molecule has 0 aliphatic heterocycles. The molecule has 0 saturated carbocycles. The number of rotatable bonds is 4. The van der Waals surface area contributed by atoms with E-state index in [1.54, 1.807) is 10.9 Å². The van der Waals surface area contributed by atoms with Gasteiger partial charge in [0.25, 0.3) is 0 Å². The SMILES string of the molecule is Cn1nccc1CCNc1ccc(C(F)(F)F)cn1. The number of hydrogen-bond acceptors (Lipinski definition) is 3. The minimum atomic E-state index is -4.35. The summed E-state index contributed by atoms with van der Waals surface area (Å²) in [7, 11) is 1.84. The Morgan fingerprint density at radius 2 is 2.05 bits per heavy atom. The van der Waals surface area contributed by atoms with Crippen LogP contribution in [0.5, 0.6) is 0 Å². The van der Waals surface area contributed by atoms with Gasteiger partial charge in [-0.1, -0.05) is 0 Å². The molecule has 2 aromatic heterocycles. The second-order valence-corrected chi connectivity index (χ2v) is 4.05. The summed E-state index contributed by atoms with van der Waals surface area (Å²) in [5, 5.41) is 7.00. The summed E-state index contributed by atoms with van der Waals surface area (Å²) in [5.41, 5.74) is 0.295. The molecule has 4 nitrogen and oxygen atoms in total. The first-order valence-electron chi connectivity index (χ1n) is 5.71. The average Bonchev–Trinajstić information content (AvgIpc) is 2.75. The van der Waals surface area contributed by atoms with Crippen molar-refractivity contribution in [2.75, 3.05) is 11.9 Å². The molecule has 0 unspecified atom stereocenters. The standard InChI is InChI=1S/C12H13F3N4/c1-19-10(5-7-18-19)4-6-16-11-3-2-9(8-17-11)12(13,14)15/h2-3,5,7-8H,4,6H2,1H3,(H,16,17). The van der Waals surface area contributed by atoms with Gasteiger partial charge in [0.05, 0.1) is 5.56 Å². The molecule has 19 heavy (non-hydrogen) atoms. The van der Waals surface area contributed by atoms with E-state index in [4.69, 9.17) is 0 Å². The molecule has 0 fully saturated rings. The molecule has 2 aromatic rings. The zero-order chi connectivity index (χ0) is 13.9. The maximum Gasteiger partial charge on any atom is 0.417 e. The fraction of sp³-hybridized carbons (Fsp3) is 0.333. The average molecular weight is 270 g/mol. The molecular formula is C12H13F3N4. The van der Waals surface area contributed by atoms with E-state index in [9.17, 15) is 13.2 Å². The fourth-order valence-electron chi connectivity index (χ4n) is 1.63. The molecule has 0 bridgehead atoms. The van der Waals surface area contributed by atoms with E-state index in [2.05, 4.69) is 15.4 Å². The van der Waals surface area contributed by atoms with Gasteiger partial charge in [-0.05, 0) is 18.2 Å². The van der Waals surface area contributed by atoms with Crippen LogP contribution >= 0.6 is 0 Å². The molecule has 7 heteroatoms. The quantitative estimate of drug-likeness (QED) is 0.928. The number of nitrogens with zero attached hydrogens (tertiary/aromatic N) is 3. The zero-order valence-corrected chi connectivity index (χ0v) is 10.3. The van der Waals surface area contributed by atoms with E-state index in [-0.39, 0.29) is 0 Å². The van der Waals surface area contributed by atoms with Crippen LogP contribution < -0.4 is 5.32 Å². The van der Waals surface area contributed by atoms with Gasteiger partial charge in [0.15, 0.2) is 0 Å². The van der Waals surface area contributed by atoms with Gasteiger partial charge < -0.3 is 5.32 Å². The maximum absolute atomic E-state index is 12.3. The lowest BCUT2D eigenvalue weighted by Gasteiger charge is -2.08. The second kappa shape index (κ2) is 5.29. The van der Waals surface area contributed by atoms with E-state index in [0.29, 0.717) is 12.4 Å². The molecule has 0 spiro atoms. The number of pyridine rings is 1. The summed E-state index contributed by atoms with van der Waals surface area (Å²) in [6.45, 7) is 0.581. The Morgan fingerprint density at radius 3 is 2.58 bits per heavy atom. The Kier molecular flexibility index (Phi) is 3.73. The number of aryl methyl sites for hydroxylation is 1. The smallest absolute Gasteiger partial charge is 0.370 e. The molecule has 0 amide bonds. The lowest BCUT2D eigenvalue weighted by Crippen LogP contribution is -2.10. The minimum Gasteiger partial charge on any atom is -0.370 e. The van der Waals surface area contributed by atoms with Crippen molar-refractivity contribution in [1.82, 2.24) is 14.8 Å². The summed E-state index contributed by atoms with van der Waals surface area (Å²) in [5.74, 6) is 0.426. The van der Waals surface area contributed by atoms with Crippen molar-refractivity contribution in [3.63, 3.8) is 0 Å². The molecule has 1 N–H and O–H groups in total. The minimum absolute atomic E-state index is 0.426. The third kappa shape index (κ3) is 3.46. The van der Waals surface area contributed by atoms with Crippen molar-refractivity contribution >= 4 is 5.82 Å². The Bertz CT molecular complexity index is 531. The van der Waals surface area contributed by atoms with Gasteiger partial charge in [-0.2, -0.15) is 18.3 Å². The van der Waals surface area contributed by atoms with Gasteiger partial charge in [0.1, 0.15) is 5.82 Å². The van der Waals surface area contributed by atoms with Crippen LogP contribution in [0.2, 0.25) is 0 Å². The van der Waals surface area contributed by atoms with Crippen molar-refractivity contribution in [3.8, 4) is 0 Å². The van der Waals surface area contributed by atoms with Crippen molar-refractivity contribution in [2.45, 2.75) is 12.6 Å². The number of alkyl halides is 3. The summed E-state index contributed by atoms with van der Waals surface area (Å²) in [6.07, 6.45) is -1.10. The Morgan fingerprint density at radius 1 is 1.26 bits per heavy atom. The summed E-state index contributed by atoms with van der Waals surface area (Å²) < 4.78 is 38.7. The normalized spacial score (nSPS) is 11.6. The van der Waals surface area contributed by atoms with Crippen molar-refractivity contribution in [3.05, 3.63) is 41.9 Å². The number of hydrogen-bond donors (Lipinski definition) is 1. The monoisotopic (exact) mass is 270 g/mol. The highest BCUT2D eigenvalue weighted by molar-refractivity contribution is 5.36. The zero-order valence-electron chi connectivity index (χ0n) is 10.3. The Labute approximate surface area is 108 Å². The molecule has 2 heterocycles. The van der Waals surface area contributed by atoms with Gasteiger partial charge in [0, 0.05) is 38.1 Å². The van der Waals surface area contributed by atoms with E-state index in [1.807, 2.05) is 13.1 Å². The number of halogens is 3. The van der Waals surface area contributed by atoms with Crippen LogP contribution in [-0.2, 0) is 19.6 Å². The molecule has 0 aromatic carbocycles. The van der Waals surface area contributed by atoms with Crippen LogP contribution in [0.25, 0.3) is 0 Å². The lowest BCUT2D eigenvalue weighted by atomic mass is 10.2. The Hall–Kier alpha value is -2.05. The molecule has 102 valence electrons. The second-order valence-electron chi connectivity index (χ2n) is 4.05. The molecule has 0 saturated heterocycles. The van der Waals surface area contributed by atoms with E-state index >= 15 is 0 Å². The van der Waals surface area contributed by atoms with Crippen LogP contribution in [0.3, 0.4) is 0 Å². The molecule has 0 atom stereocenters. The number of nitrogens with one attached hydrogen (secondary N) is 1. The van der Waals surface area contributed by atoms with Crippen molar-refractivity contribution < 1.29 is 13.2 Å². The predicted octanol–water partition coefficient (Wildman–Crippen LogP) is 2.49. The van der Waals surface area contributed by atoms with Crippen LogP contribution in [0.1, 0.15) is 11.3 Å². The topological polar surface area (TPSA) is 42.7 Å². The highest BCUT2D eigenvalue weighted by Gasteiger charge is 2.30. The van der Waals surface area contributed by atoms with Gasteiger partial charge in [-0.3, -0.25) is 4.68 Å². The van der Waals surface area contributed by atoms with Crippen LogP contribution in [-0.4, -0.2) is 21.3 Å². The fourth-order valence-corrected chi connectivity index (χ4v) is 1.63. The van der Waals surface area contributed by atoms with Gasteiger partial charge in [-0.15, -0.1) is 0 Å². The molecule has 2 rings (SSSR count). The molecule has 0 radical (unpaired) electrons. The summed E-state index contributed by atoms with van der Waals surface area (Å²) in [4.78, 5) is 3.73. The first-order chi connectivity index (χ1) is 8.97. The number of aromatic nitrogens is 3. The van der Waals surface area contributed by atoms with Crippen molar-refractivity contribution in [2.24, 2.45) is 7.05 Å². The van der Waals surface area contributed by atoms with E-state index in [0.717, 1.165) is 24.4 Å². The van der Waals surface area contributed by atoms with Crippen LogP contribution in [0, 0.1) is 0 Å². The van der Waals surface area contributed by atoms with Crippen LogP contribution in [0.4, 0.5) is 19.0 Å². The third-order valence-corrected chi connectivity index (χ3v) is 2.70. The Balaban J connectivity index is 1.89. The van der Waals surface area contributed by atoms with Gasteiger partial charge >= 0.3 is 6.18 Å². The largest absolute Gasteiger partial charge is 0.417 e. The van der Waals surface area contributed by atoms with Crippen molar-refractivity contribution in [1.29, 1.82) is 0 Å². The van der Waals surface area contributed by atoms with E-state index in [1.165, 1.54) is 6.07 Å². The number of anilines is 1. The predicted molar refractivity (Wildman–Crippen MR) is 64.6 cm³/mol. The molecule has 0 aliphatic rings. The maximum atomic E-state index is 12.3. The van der Waals surface area contributed by atoms with Gasteiger partial charge in [-0.25, -0.2) is 4.98 Å². The summed E-state index contributed by atoms with van der Waals surface area (Å²) in [6, 6.07) is 4.23. The third-order valence-electron chi connectivity index (χ3n) is 2.70. The summed E-state index contributed by atoms with van der Waals surface area (Å²) >= 11 is 0. The highest BCUT2D eigenvalue weighted by Crippen LogP contribution is 2.28. The molecule has 0 aliphatic carbocycles. The first kappa shape index (κ1) is 13.4.